The van der Waals surface area contributed by atoms with E-state index in [9.17, 15) is 4.79 Å². The van der Waals surface area contributed by atoms with E-state index in [2.05, 4.69) is 4.99 Å². The number of allylic oxidation sites excluding steroid dienone is 1. The number of nitriles is 1. The van der Waals surface area contributed by atoms with E-state index in [-0.39, 0.29) is 12.1 Å². The number of aldehydes is 1. The Morgan fingerprint density at radius 3 is 2.90 bits per heavy atom. The summed E-state index contributed by atoms with van der Waals surface area (Å²) in [5.41, 5.74) is 0.0512. The third-order valence-corrected chi connectivity index (χ3v) is 0.688. The van der Waals surface area contributed by atoms with Gasteiger partial charge in [-0.25, -0.2) is 0 Å². The molecule has 0 atom stereocenters. The predicted molar refractivity (Wildman–Crippen MR) is 35.7 cm³/mol. The summed E-state index contributed by atoms with van der Waals surface area (Å²) in [6, 6.07) is 1.75. The van der Waals surface area contributed by atoms with Crippen LogP contribution in [0, 0.1) is 11.3 Å². The zero-order chi connectivity index (χ0) is 7.82. The fraction of sp³-hybridized carbons (Fsp3) is 0.167. The number of aliphatic hydroxyl groups excluding tert-OH is 1. The van der Waals surface area contributed by atoms with Gasteiger partial charge in [0.05, 0.1) is 17.9 Å². The summed E-state index contributed by atoms with van der Waals surface area (Å²) in [5.74, 6) is 0. The Bertz CT molecular complexity index is 200. The highest BCUT2D eigenvalue weighted by molar-refractivity contribution is 6.01. The van der Waals surface area contributed by atoms with Crippen molar-refractivity contribution in [2.45, 2.75) is 0 Å². The maximum absolute atomic E-state index is 9.93. The van der Waals surface area contributed by atoms with E-state index >= 15 is 0 Å². The van der Waals surface area contributed by atoms with Crippen LogP contribution in [-0.2, 0) is 4.79 Å². The second kappa shape index (κ2) is 5.51. The summed E-state index contributed by atoms with van der Waals surface area (Å²) >= 11 is 0. The highest BCUT2D eigenvalue weighted by Gasteiger charge is 1.85. The smallest absolute Gasteiger partial charge is 0.154 e. The Labute approximate surface area is 58.1 Å². The normalized spacial score (nSPS) is 11.3. The van der Waals surface area contributed by atoms with Crippen LogP contribution in [0.5, 0.6) is 0 Å². The van der Waals surface area contributed by atoms with E-state index in [1.165, 1.54) is 0 Å². The van der Waals surface area contributed by atoms with E-state index < -0.39 is 0 Å². The number of aliphatic imine (C=N–C) groups is 1. The van der Waals surface area contributed by atoms with E-state index in [0.29, 0.717) is 12.5 Å². The molecule has 0 rings (SSSR count). The third-order valence-electron chi connectivity index (χ3n) is 0.688. The highest BCUT2D eigenvalue weighted by atomic mass is 16.2. The summed E-state index contributed by atoms with van der Waals surface area (Å²) in [4.78, 5) is 13.4. The predicted octanol–water partition coefficient (Wildman–Crippen LogP) is 0.222. The maximum atomic E-state index is 9.93. The van der Waals surface area contributed by atoms with E-state index in [1.807, 2.05) is 0 Å². The first-order chi connectivity index (χ1) is 4.85. The van der Waals surface area contributed by atoms with Crippen LogP contribution < -0.4 is 0 Å². The van der Waals surface area contributed by atoms with Gasteiger partial charge < -0.3 is 5.11 Å². The molecule has 0 aliphatic rings. The molecule has 0 radical (unpaired) electrons. The van der Waals surface area contributed by atoms with E-state index in [1.54, 1.807) is 6.07 Å². The number of rotatable bonds is 3. The molecular formula is C6H6N2O2. The fourth-order valence-electron chi connectivity index (χ4n) is 0.286. The molecule has 0 bridgehead atoms. The largest absolute Gasteiger partial charge is 0.515 e. The van der Waals surface area contributed by atoms with Gasteiger partial charge >= 0.3 is 0 Å². The van der Waals surface area contributed by atoms with Crippen LogP contribution >= 0.6 is 0 Å². The van der Waals surface area contributed by atoms with Crippen molar-refractivity contribution in [1.82, 2.24) is 0 Å². The monoisotopic (exact) mass is 138 g/mol. The quantitative estimate of drug-likeness (QED) is 0.199. The molecule has 10 heavy (non-hydrogen) atoms. The lowest BCUT2D eigenvalue weighted by Gasteiger charge is -1.81. The van der Waals surface area contributed by atoms with Gasteiger partial charge in [-0.1, -0.05) is 0 Å². The molecule has 0 unspecified atom stereocenters. The molecule has 0 aromatic carbocycles. The summed E-state index contributed by atoms with van der Waals surface area (Å²) in [6.07, 6.45) is 2.21. The van der Waals surface area contributed by atoms with Gasteiger partial charge in [0, 0.05) is 6.21 Å². The number of carbonyl (C=O) groups excluding carboxylic acids is 1. The Morgan fingerprint density at radius 2 is 2.50 bits per heavy atom. The van der Waals surface area contributed by atoms with Crippen molar-refractivity contribution in [3.63, 3.8) is 0 Å². The van der Waals surface area contributed by atoms with Crippen LogP contribution in [0.1, 0.15) is 0 Å². The van der Waals surface area contributed by atoms with Crippen molar-refractivity contribution in [1.29, 1.82) is 5.26 Å². The molecule has 0 amide bonds. The molecule has 0 fully saturated rings. The van der Waals surface area contributed by atoms with E-state index in [0.717, 1.165) is 6.21 Å². The van der Waals surface area contributed by atoms with Crippen molar-refractivity contribution in [3.05, 3.63) is 11.8 Å². The zero-order valence-corrected chi connectivity index (χ0v) is 5.19. The molecule has 0 aliphatic heterocycles. The van der Waals surface area contributed by atoms with Gasteiger partial charge in [0.25, 0.3) is 0 Å². The second-order valence-electron chi connectivity index (χ2n) is 1.37. The molecule has 0 heterocycles. The number of hydrogen-bond acceptors (Lipinski definition) is 4. The maximum Gasteiger partial charge on any atom is 0.154 e. The average molecular weight is 138 g/mol. The number of aliphatic hydroxyl groups is 1. The molecule has 0 saturated heterocycles. The topological polar surface area (TPSA) is 73.5 Å². The molecule has 0 spiro atoms. The van der Waals surface area contributed by atoms with Gasteiger partial charge in [0.1, 0.15) is 6.54 Å². The molecule has 4 nitrogen and oxygen atoms in total. The summed E-state index contributed by atoms with van der Waals surface area (Å²) in [6.45, 7) is -0.00875. The van der Waals surface area contributed by atoms with Crippen LogP contribution in [0.3, 0.4) is 0 Å². The van der Waals surface area contributed by atoms with Gasteiger partial charge in [-0.2, -0.15) is 5.26 Å². The Hall–Kier alpha value is -1.63. The molecular weight excluding hydrogens is 132 g/mol. The standard InChI is InChI=1S/C6H6N2O2/c7-1-2-8-3-6(4-9)5-10/h3-5,9H,2H2/b6-4-,8-3?. The van der Waals surface area contributed by atoms with Crippen LogP contribution in [-0.4, -0.2) is 24.2 Å². The Kier molecular flexibility index (Phi) is 4.61. The van der Waals surface area contributed by atoms with Crippen molar-refractivity contribution in [2.75, 3.05) is 6.54 Å². The summed E-state index contributed by atoms with van der Waals surface area (Å²) in [5, 5.41) is 16.2. The number of nitrogens with zero attached hydrogens (tertiary/aromatic N) is 2. The zero-order valence-electron chi connectivity index (χ0n) is 5.19. The summed E-state index contributed by atoms with van der Waals surface area (Å²) in [7, 11) is 0. The highest BCUT2D eigenvalue weighted by Crippen LogP contribution is 1.80. The lowest BCUT2D eigenvalue weighted by atomic mass is 10.4. The Morgan fingerprint density at radius 1 is 1.80 bits per heavy atom. The molecule has 1 N–H and O–H groups in total. The first-order valence-corrected chi connectivity index (χ1v) is 2.51. The SMILES string of the molecule is N#CCN=C/C(C=O)=C/O. The number of hydrogen-bond donors (Lipinski definition) is 1. The molecule has 0 aliphatic carbocycles. The minimum absolute atomic E-state index is 0.00875. The van der Waals surface area contributed by atoms with Gasteiger partial charge in [0.2, 0.25) is 0 Å². The lowest BCUT2D eigenvalue weighted by Crippen LogP contribution is -1.86. The van der Waals surface area contributed by atoms with Gasteiger partial charge in [-0.15, -0.1) is 0 Å². The van der Waals surface area contributed by atoms with E-state index in [4.69, 9.17) is 10.4 Å². The van der Waals surface area contributed by atoms with Crippen molar-refractivity contribution >= 4 is 12.5 Å². The second-order valence-corrected chi connectivity index (χ2v) is 1.37. The number of carbonyl (C=O) groups is 1. The lowest BCUT2D eigenvalue weighted by molar-refractivity contribution is -0.104. The van der Waals surface area contributed by atoms with Gasteiger partial charge in [-0.3, -0.25) is 9.79 Å². The molecule has 4 heteroatoms. The van der Waals surface area contributed by atoms with Crippen LogP contribution in [0.2, 0.25) is 0 Å². The Balaban J connectivity index is 3.88. The minimum Gasteiger partial charge on any atom is -0.515 e. The van der Waals surface area contributed by atoms with Gasteiger partial charge in [0.15, 0.2) is 6.29 Å². The van der Waals surface area contributed by atoms with Gasteiger partial charge in [-0.05, 0) is 0 Å². The first kappa shape index (κ1) is 8.37. The molecule has 52 valence electrons. The third kappa shape index (κ3) is 3.38. The fourth-order valence-corrected chi connectivity index (χ4v) is 0.286. The average Bonchev–Trinajstić information content (AvgIpc) is 1.99. The van der Waals surface area contributed by atoms with Crippen molar-refractivity contribution in [2.24, 2.45) is 4.99 Å². The van der Waals surface area contributed by atoms with Crippen molar-refractivity contribution < 1.29 is 9.90 Å². The van der Waals surface area contributed by atoms with Crippen LogP contribution in [0.15, 0.2) is 16.8 Å². The molecule has 0 aromatic heterocycles. The first-order valence-electron chi connectivity index (χ1n) is 2.51. The minimum atomic E-state index is -0.00875. The van der Waals surface area contributed by atoms with Crippen LogP contribution in [0.25, 0.3) is 0 Å². The molecule has 0 aromatic rings. The molecule has 0 saturated carbocycles. The van der Waals surface area contributed by atoms with Crippen molar-refractivity contribution in [3.8, 4) is 6.07 Å². The van der Waals surface area contributed by atoms with Crippen LogP contribution in [0.4, 0.5) is 0 Å². The summed E-state index contributed by atoms with van der Waals surface area (Å²) < 4.78 is 0.